The topological polar surface area (TPSA) is 82.1 Å². The fraction of sp³-hybridized carbons (Fsp3) is 0.882. The zero-order valence-electron chi connectivity index (χ0n) is 14.2. The Bertz CT molecular complexity index is 437. The summed E-state index contributed by atoms with van der Waals surface area (Å²) in [5.74, 6) is 0.677. The van der Waals surface area contributed by atoms with Gasteiger partial charge < -0.3 is 16.0 Å². The molecule has 1 saturated carbocycles. The molecule has 1 aliphatic carbocycles. The van der Waals surface area contributed by atoms with Gasteiger partial charge in [-0.2, -0.15) is 5.26 Å². The van der Waals surface area contributed by atoms with Crippen molar-refractivity contribution in [1.82, 2.24) is 10.2 Å². The maximum Gasteiger partial charge on any atom is 0.238 e. The molecule has 1 saturated heterocycles. The normalized spacial score (nSPS) is 23.6. The molecule has 5 nitrogen and oxygen atoms in total. The first kappa shape index (κ1) is 17.2. The number of amides is 1. The second kappa shape index (κ2) is 6.55. The third-order valence-corrected chi connectivity index (χ3v) is 4.67. The van der Waals surface area contributed by atoms with Gasteiger partial charge in [0, 0.05) is 19.6 Å². The van der Waals surface area contributed by atoms with Gasteiger partial charge in [0.1, 0.15) is 5.54 Å². The summed E-state index contributed by atoms with van der Waals surface area (Å²) in [5.41, 5.74) is 5.28. The molecule has 0 spiro atoms. The highest BCUT2D eigenvalue weighted by Crippen LogP contribution is 2.32. The molecule has 1 atom stereocenters. The van der Waals surface area contributed by atoms with Crippen molar-refractivity contribution in [3.05, 3.63) is 0 Å². The van der Waals surface area contributed by atoms with E-state index in [-0.39, 0.29) is 11.3 Å². The second-order valence-electron chi connectivity index (χ2n) is 8.30. The van der Waals surface area contributed by atoms with Crippen LogP contribution in [0.15, 0.2) is 0 Å². The average molecular weight is 306 g/mol. The standard InChI is InChI=1S/C17H30N4O/c1-16(2,3)10-14(19)15(22)20-17(12-18)6-8-21(9-7-17)11-13-4-5-13/h13-14H,4-11,19H2,1-3H3,(H,20,22). The highest BCUT2D eigenvalue weighted by atomic mass is 16.2. The quantitative estimate of drug-likeness (QED) is 0.809. The summed E-state index contributed by atoms with van der Waals surface area (Å²) in [4.78, 5) is 14.7. The first-order valence-electron chi connectivity index (χ1n) is 8.44. The van der Waals surface area contributed by atoms with E-state index >= 15 is 0 Å². The van der Waals surface area contributed by atoms with Gasteiger partial charge in [-0.1, -0.05) is 20.8 Å². The van der Waals surface area contributed by atoms with Crippen LogP contribution in [0.25, 0.3) is 0 Å². The van der Waals surface area contributed by atoms with E-state index in [2.05, 4.69) is 37.1 Å². The molecular weight excluding hydrogens is 276 g/mol. The fourth-order valence-corrected chi connectivity index (χ4v) is 3.13. The maximum absolute atomic E-state index is 12.3. The van der Waals surface area contributed by atoms with Crippen LogP contribution in [0.2, 0.25) is 0 Å². The Morgan fingerprint density at radius 2 is 2.00 bits per heavy atom. The summed E-state index contributed by atoms with van der Waals surface area (Å²) >= 11 is 0. The summed E-state index contributed by atoms with van der Waals surface area (Å²) in [6.45, 7) is 9.13. The molecule has 22 heavy (non-hydrogen) atoms. The molecule has 3 N–H and O–H groups in total. The van der Waals surface area contributed by atoms with Crippen molar-refractivity contribution in [3.63, 3.8) is 0 Å². The summed E-state index contributed by atoms with van der Waals surface area (Å²) in [5, 5.41) is 12.5. The predicted molar refractivity (Wildman–Crippen MR) is 86.9 cm³/mol. The van der Waals surface area contributed by atoms with Crippen LogP contribution >= 0.6 is 0 Å². The summed E-state index contributed by atoms with van der Waals surface area (Å²) in [6, 6.07) is 1.79. The fourth-order valence-electron chi connectivity index (χ4n) is 3.13. The molecule has 0 radical (unpaired) electrons. The number of nitrogens with one attached hydrogen (secondary N) is 1. The molecule has 1 amide bonds. The zero-order valence-corrected chi connectivity index (χ0v) is 14.2. The van der Waals surface area contributed by atoms with Gasteiger partial charge in [0.05, 0.1) is 12.1 Å². The van der Waals surface area contributed by atoms with Gasteiger partial charge in [-0.05, 0) is 43.4 Å². The lowest BCUT2D eigenvalue weighted by Crippen LogP contribution is -2.58. The molecule has 2 aliphatic rings. The Kier molecular flexibility index (Phi) is 5.14. The van der Waals surface area contributed by atoms with Crippen molar-refractivity contribution < 1.29 is 4.79 Å². The van der Waals surface area contributed by atoms with E-state index in [0.717, 1.165) is 25.6 Å². The average Bonchev–Trinajstić information content (AvgIpc) is 3.23. The largest absolute Gasteiger partial charge is 0.336 e. The van der Waals surface area contributed by atoms with Crippen molar-refractivity contribution >= 4 is 5.91 Å². The minimum atomic E-state index is -0.730. The molecule has 0 aromatic heterocycles. The number of carbonyl (C=O) groups is 1. The number of nitrogens with zero attached hydrogens (tertiary/aromatic N) is 2. The third-order valence-electron chi connectivity index (χ3n) is 4.67. The van der Waals surface area contributed by atoms with Gasteiger partial charge in [-0.25, -0.2) is 0 Å². The van der Waals surface area contributed by atoms with Crippen molar-refractivity contribution in [2.24, 2.45) is 17.1 Å². The molecule has 1 unspecified atom stereocenters. The molecule has 1 aliphatic heterocycles. The van der Waals surface area contributed by atoms with Crippen molar-refractivity contribution in [2.45, 2.75) is 64.5 Å². The van der Waals surface area contributed by atoms with Crippen LogP contribution in [0.3, 0.4) is 0 Å². The van der Waals surface area contributed by atoms with Crippen LogP contribution in [-0.4, -0.2) is 42.0 Å². The molecule has 2 fully saturated rings. The molecular formula is C17H30N4O. The summed E-state index contributed by atoms with van der Waals surface area (Å²) in [7, 11) is 0. The van der Waals surface area contributed by atoms with Crippen LogP contribution in [0.4, 0.5) is 0 Å². The van der Waals surface area contributed by atoms with Crippen molar-refractivity contribution in [3.8, 4) is 6.07 Å². The Balaban J connectivity index is 1.86. The lowest BCUT2D eigenvalue weighted by atomic mass is 9.86. The Labute approximate surface area is 134 Å². The molecule has 0 aromatic carbocycles. The van der Waals surface area contributed by atoms with E-state index in [1.807, 2.05) is 0 Å². The first-order chi connectivity index (χ1) is 10.2. The zero-order chi connectivity index (χ0) is 16.4. The first-order valence-corrected chi connectivity index (χ1v) is 8.44. The number of hydrogen-bond donors (Lipinski definition) is 2. The molecule has 5 heteroatoms. The van der Waals surface area contributed by atoms with Gasteiger partial charge >= 0.3 is 0 Å². The lowest BCUT2D eigenvalue weighted by Gasteiger charge is -2.38. The third kappa shape index (κ3) is 4.96. The Hall–Kier alpha value is -1.12. The monoisotopic (exact) mass is 306 g/mol. The highest BCUT2D eigenvalue weighted by molar-refractivity contribution is 5.82. The minimum Gasteiger partial charge on any atom is -0.336 e. The van der Waals surface area contributed by atoms with Crippen LogP contribution < -0.4 is 11.1 Å². The number of carbonyl (C=O) groups excluding carboxylic acids is 1. The number of nitriles is 1. The smallest absolute Gasteiger partial charge is 0.238 e. The number of piperidine rings is 1. The highest BCUT2D eigenvalue weighted by Gasteiger charge is 2.38. The second-order valence-corrected chi connectivity index (χ2v) is 8.30. The minimum absolute atomic E-state index is 0.00416. The van der Waals surface area contributed by atoms with Gasteiger partial charge in [-0.3, -0.25) is 4.79 Å². The molecule has 0 bridgehead atoms. The summed E-state index contributed by atoms with van der Waals surface area (Å²) < 4.78 is 0. The van der Waals surface area contributed by atoms with Gasteiger partial charge in [0.25, 0.3) is 0 Å². The Morgan fingerprint density at radius 1 is 1.41 bits per heavy atom. The van der Waals surface area contributed by atoms with E-state index < -0.39 is 11.6 Å². The number of rotatable bonds is 5. The predicted octanol–water partition coefficient (Wildman–Crippen LogP) is 1.63. The SMILES string of the molecule is CC(C)(C)CC(N)C(=O)NC1(C#N)CCN(CC2CC2)CC1. The molecule has 1 heterocycles. The number of hydrogen-bond acceptors (Lipinski definition) is 4. The summed E-state index contributed by atoms with van der Waals surface area (Å²) in [6.07, 6.45) is 4.71. The molecule has 124 valence electrons. The van der Waals surface area contributed by atoms with Gasteiger partial charge in [0.15, 0.2) is 0 Å². The van der Waals surface area contributed by atoms with Gasteiger partial charge in [-0.15, -0.1) is 0 Å². The molecule has 2 rings (SSSR count). The number of nitrogens with two attached hydrogens (primary N) is 1. The maximum atomic E-state index is 12.3. The van der Waals surface area contributed by atoms with Crippen LogP contribution in [0, 0.1) is 22.7 Å². The molecule has 0 aromatic rings. The van der Waals surface area contributed by atoms with E-state index in [1.165, 1.54) is 12.8 Å². The van der Waals surface area contributed by atoms with E-state index in [9.17, 15) is 10.1 Å². The van der Waals surface area contributed by atoms with E-state index in [0.29, 0.717) is 19.3 Å². The number of likely N-dealkylation sites (tertiary alicyclic amines) is 1. The van der Waals surface area contributed by atoms with Crippen molar-refractivity contribution in [2.75, 3.05) is 19.6 Å². The van der Waals surface area contributed by atoms with E-state index in [1.54, 1.807) is 0 Å². The Morgan fingerprint density at radius 3 is 2.45 bits per heavy atom. The van der Waals surface area contributed by atoms with Crippen molar-refractivity contribution in [1.29, 1.82) is 5.26 Å². The van der Waals surface area contributed by atoms with Crippen LogP contribution in [0.1, 0.15) is 52.9 Å². The lowest BCUT2D eigenvalue weighted by molar-refractivity contribution is -0.124. The van der Waals surface area contributed by atoms with Crippen LogP contribution in [-0.2, 0) is 4.79 Å². The van der Waals surface area contributed by atoms with E-state index in [4.69, 9.17) is 5.73 Å². The van der Waals surface area contributed by atoms with Crippen LogP contribution in [0.5, 0.6) is 0 Å². The van der Waals surface area contributed by atoms with Gasteiger partial charge in [0.2, 0.25) is 5.91 Å².